The van der Waals surface area contributed by atoms with Crippen molar-refractivity contribution in [2.24, 2.45) is 0 Å². The Kier molecular flexibility index (Phi) is 5.27. The minimum atomic E-state index is -0.684. The van der Waals surface area contributed by atoms with Crippen LogP contribution in [0.15, 0.2) is 66.2 Å². The number of hydrogen-bond donors (Lipinski definition) is 1. The van der Waals surface area contributed by atoms with Crippen molar-refractivity contribution in [3.8, 4) is 6.07 Å². The molecule has 0 aliphatic carbocycles. The van der Waals surface area contributed by atoms with E-state index >= 15 is 0 Å². The van der Waals surface area contributed by atoms with Crippen LogP contribution >= 0.6 is 0 Å². The Bertz CT molecular complexity index is 786. The summed E-state index contributed by atoms with van der Waals surface area (Å²) in [5.41, 5.74) is 1.10. The summed E-state index contributed by atoms with van der Waals surface area (Å²) >= 11 is 0. The second-order valence-electron chi connectivity index (χ2n) is 6.08. The zero-order chi connectivity index (χ0) is 17.5. The van der Waals surface area contributed by atoms with Crippen molar-refractivity contribution in [3.05, 3.63) is 77.4 Å². The third-order valence-electron chi connectivity index (χ3n) is 4.45. The minimum absolute atomic E-state index is 0.0139. The summed E-state index contributed by atoms with van der Waals surface area (Å²) < 4.78 is 5.92. The van der Waals surface area contributed by atoms with Crippen molar-refractivity contribution in [3.63, 3.8) is 0 Å². The first-order valence-electron chi connectivity index (χ1n) is 8.40. The van der Waals surface area contributed by atoms with Crippen LogP contribution in [0.1, 0.15) is 24.0 Å². The van der Waals surface area contributed by atoms with Crippen LogP contribution in [0, 0.1) is 11.3 Å². The molecule has 0 atom stereocenters. The molecule has 25 heavy (non-hydrogen) atoms. The van der Waals surface area contributed by atoms with E-state index in [1.54, 1.807) is 6.08 Å². The highest BCUT2D eigenvalue weighted by molar-refractivity contribution is 5.98. The van der Waals surface area contributed by atoms with Gasteiger partial charge in [-0.25, -0.2) is 4.79 Å². The van der Waals surface area contributed by atoms with Crippen LogP contribution in [0.4, 0.5) is 0 Å². The van der Waals surface area contributed by atoms with Gasteiger partial charge in [-0.3, -0.25) is 0 Å². The van der Waals surface area contributed by atoms with Crippen molar-refractivity contribution < 1.29 is 9.53 Å². The number of nitrogens with one attached hydrogen (secondary N) is 1. The minimum Gasteiger partial charge on any atom is -0.450 e. The van der Waals surface area contributed by atoms with E-state index in [2.05, 4.69) is 5.32 Å². The van der Waals surface area contributed by atoms with Crippen LogP contribution < -0.4 is 5.32 Å². The lowest BCUT2D eigenvalue weighted by molar-refractivity contribution is -0.158. The van der Waals surface area contributed by atoms with Crippen LogP contribution in [0.2, 0.25) is 0 Å². The Balaban J connectivity index is 1.88. The second-order valence-corrected chi connectivity index (χ2v) is 6.08. The van der Waals surface area contributed by atoms with Gasteiger partial charge in [-0.05, 0) is 30.3 Å². The number of esters is 1. The van der Waals surface area contributed by atoms with Gasteiger partial charge in [-0.1, -0.05) is 60.7 Å². The molecule has 0 saturated carbocycles. The molecule has 3 rings (SSSR count). The number of hydrogen-bond acceptors (Lipinski definition) is 4. The molecule has 0 amide bonds. The molecular weight excluding hydrogens is 312 g/mol. The predicted octanol–water partition coefficient (Wildman–Crippen LogP) is 3.42. The molecule has 2 aromatic rings. The third-order valence-corrected chi connectivity index (χ3v) is 4.45. The molecule has 0 bridgehead atoms. The summed E-state index contributed by atoms with van der Waals surface area (Å²) in [6.45, 7) is 1.54. The van der Waals surface area contributed by atoms with Crippen molar-refractivity contribution in [2.75, 3.05) is 13.1 Å². The number of ether oxygens (including phenoxy) is 1. The standard InChI is InChI=1S/C21H20N2O2/c22-16-18(15-17-7-3-1-4-8-17)20(24)25-21(11-13-23-14-12-21)19-9-5-2-6-10-19/h1-10,15,23H,11-14H2/b18-15+. The van der Waals surface area contributed by atoms with Gasteiger partial charge in [0.05, 0.1) is 0 Å². The molecule has 0 unspecified atom stereocenters. The monoisotopic (exact) mass is 332 g/mol. The van der Waals surface area contributed by atoms with Crippen molar-refractivity contribution in [1.29, 1.82) is 5.26 Å². The number of benzene rings is 2. The molecule has 4 heteroatoms. The van der Waals surface area contributed by atoms with Gasteiger partial charge in [0.2, 0.25) is 0 Å². The number of nitriles is 1. The lowest BCUT2D eigenvalue weighted by atomic mass is 9.84. The molecule has 126 valence electrons. The molecule has 4 nitrogen and oxygen atoms in total. The molecule has 0 spiro atoms. The number of rotatable bonds is 4. The highest BCUT2D eigenvalue weighted by atomic mass is 16.6. The van der Waals surface area contributed by atoms with Gasteiger partial charge in [0.15, 0.2) is 0 Å². The summed E-state index contributed by atoms with van der Waals surface area (Å²) in [4.78, 5) is 12.7. The first-order valence-corrected chi connectivity index (χ1v) is 8.40. The SMILES string of the molecule is N#C/C(=C\c1ccccc1)C(=O)OC1(c2ccccc2)CCNCC1. The molecule has 1 saturated heterocycles. The van der Waals surface area contributed by atoms with E-state index in [1.165, 1.54) is 0 Å². The van der Waals surface area contributed by atoms with Gasteiger partial charge < -0.3 is 10.1 Å². The van der Waals surface area contributed by atoms with E-state index in [1.807, 2.05) is 66.7 Å². The summed E-state index contributed by atoms with van der Waals surface area (Å²) in [7, 11) is 0. The number of carbonyl (C=O) groups is 1. The van der Waals surface area contributed by atoms with E-state index in [0.29, 0.717) is 12.8 Å². The van der Waals surface area contributed by atoms with E-state index < -0.39 is 11.6 Å². The summed E-state index contributed by atoms with van der Waals surface area (Å²) in [5, 5.41) is 12.7. The predicted molar refractivity (Wildman–Crippen MR) is 96.3 cm³/mol. The Morgan fingerprint density at radius 3 is 2.24 bits per heavy atom. The number of carbonyl (C=O) groups excluding carboxylic acids is 1. The smallest absolute Gasteiger partial charge is 0.349 e. The Labute approximate surface area is 147 Å². The molecule has 0 radical (unpaired) electrons. The Hall–Kier alpha value is -2.90. The summed E-state index contributed by atoms with van der Waals surface area (Å²) in [5.74, 6) is -0.572. The van der Waals surface area contributed by atoms with Crippen LogP contribution in [0.5, 0.6) is 0 Å². The Morgan fingerprint density at radius 2 is 1.64 bits per heavy atom. The van der Waals surface area contributed by atoms with Crippen LogP contribution in [-0.2, 0) is 15.1 Å². The fraction of sp³-hybridized carbons (Fsp3) is 0.238. The molecule has 1 N–H and O–H groups in total. The average molecular weight is 332 g/mol. The number of nitrogens with zero attached hydrogens (tertiary/aromatic N) is 1. The van der Waals surface area contributed by atoms with Gasteiger partial charge in [-0.2, -0.15) is 5.26 Å². The van der Waals surface area contributed by atoms with Crippen molar-refractivity contribution >= 4 is 12.0 Å². The lowest BCUT2D eigenvalue weighted by Crippen LogP contribution is -2.43. The second kappa shape index (κ2) is 7.78. The van der Waals surface area contributed by atoms with Gasteiger partial charge >= 0.3 is 5.97 Å². The summed E-state index contributed by atoms with van der Waals surface area (Å²) in [6.07, 6.45) is 2.95. The Morgan fingerprint density at radius 1 is 1.04 bits per heavy atom. The fourth-order valence-electron chi connectivity index (χ4n) is 3.11. The first-order chi connectivity index (χ1) is 12.2. The first kappa shape index (κ1) is 16.9. The van der Waals surface area contributed by atoms with E-state index in [9.17, 15) is 10.1 Å². The zero-order valence-electron chi connectivity index (χ0n) is 13.9. The molecule has 1 fully saturated rings. The maximum Gasteiger partial charge on any atom is 0.349 e. The van der Waals surface area contributed by atoms with Gasteiger partial charge in [0.25, 0.3) is 0 Å². The molecule has 1 aliphatic heterocycles. The van der Waals surface area contributed by atoms with Gasteiger partial charge in [-0.15, -0.1) is 0 Å². The van der Waals surface area contributed by atoms with Gasteiger partial charge in [0.1, 0.15) is 17.2 Å². The highest BCUT2D eigenvalue weighted by Gasteiger charge is 2.38. The van der Waals surface area contributed by atoms with Crippen LogP contribution in [0.3, 0.4) is 0 Å². The topological polar surface area (TPSA) is 62.1 Å². The molecule has 1 heterocycles. The molecular formula is C21H20N2O2. The van der Waals surface area contributed by atoms with E-state index in [-0.39, 0.29) is 5.57 Å². The molecule has 0 aromatic heterocycles. The molecule has 2 aromatic carbocycles. The zero-order valence-corrected chi connectivity index (χ0v) is 13.9. The van der Waals surface area contributed by atoms with Crippen molar-refractivity contribution in [2.45, 2.75) is 18.4 Å². The molecule has 1 aliphatic rings. The van der Waals surface area contributed by atoms with Crippen molar-refractivity contribution in [1.82, 2.24) is 5.32 Å². The van der Waals surface area contributed by atoms with E-state index in [0.717, 1.165) is 24.2 Å². The van der Waals surface area contributed by atoms with Gasteiger partial charge in [0, 0.05) is 12.8 Å². The highest BCUT2D eigenvalue weighted by Crippen LogP contribution is 2.35. The largest absolute Gasteiger partial charge is 0.450 e. The lowest BCUT2D eigenvalue weighted by Gasteiger charge is -2.37. The fourth-order valence-corrected chi connectivity index (χ4v) is 3.11. The van der Waals surface area contributed by atoms with E-state index in [4.69, 9.17) is 4.74 Å². The summed E-state index contributed by atoms with van der Waals surface area (Å²) in [6, 6.07) is 21.1. The quantitative estimate of drug-likeness (QED) is 0.529. The number of piperidine rings is 1. The normalized spacial score (nSPS) is 16.7. The average Bonchev–Trinajstić information content (AvgIpc) is 2.68. The maximum absolute atomic E-state index is 12.7. The third kappa shape index (κ3) is 3.96. The maximum atomic E-state index is 12.7. The van der Waals surface area contributed by atoms with Crippen LogP contribution in [0.25, 0.3) is 6.08 Å². The van der Waals surface area contributed by atoms with Crippen LogP contribution in [-0.4, -0.2) is 19.1 Å².